The second kappa shape index (κ2) is 4.31. The SMILES string of the molecule is C[C@H]1C(O)[C@@H](CO)O[C@H]1c1ccccc1. The minimum Gasteiger partial charge on any atom is -0.394 e. The minimum atomic E-state index is -0.583. The number of benzene rings is 1. The zero-order valence-corrected chi connectivity index (χ0v) is 8.71. The van der Waals surface area contributed by atoms with E-state index in [0.717, 1.165) is 5.56 Å². The van der Waals surface area contributed by atoms with Crippen LogP contribution in [0.15, 0.2) is 30.3 Å². The molecule has 2 N–H and O–H groups in total. The largest absolute Gasteiger partial charge is 0.394 e. The predicted molar refractivity (Wildman–Crippen MR) is 56.3 cm³/mol. The Balaban J connectivity index is 2.19. The normalized spacial score (nSPS) is 35.7. The van der Waals surface area contributed by atoms with Gasteiger partial charge in [0.1, 0.15) is 6.10 Å². The van der Waals surface area contributed by atoms with Crippen LogP contribution in [0.25, 0.3) is 0 Å². The maximum absolute atomic E-state index is 9.80. The number of hydrogen-bond donors (Lipinski definition) is 2. The second-order valence-corrected chi connectivity index (χ2v) is 4.04. The van der Waals surface area contributed by atoms with Gasteiger partial charge in [-0.05, 0) is 5.56 Å². The Morgan fingerprint density at radius 2 is 1.93 bits per heavy atom. The van der Waals surface area contributed by atoms with E-state index in [2.05, 4.69) is 0 Å². The summed E-state index contributed by atoms with van der Waals surface area (Å²) in [5, 5.41) is 18.8. The highest BCUT2D eigenvalue weighted by Crippen LogP contribution is 2.37. The summed E-state index contributed by atoms with van der Waals surface area (Å²) in [7, 11) is 0. The molecule has 1 aliphatic rings. The maximum atomic E-state index is 9.80. The molecule has 3 nitrogen and oxygen atoms in total. The number of aliphatic hydroxyl groups is 2. The Hall–Kier alpha value is -0.900. The summed E-state index contributed by atoms with van der Waals surface area (Å²) in [5.41, 5.74) is 1.06. The van der Waals surface area contributed by atoms with Gasteiger partial charge in [-0.25, -0.2) is 0 Å². The third kappa shape index (κ3) is 1.91. The molecular weight excluding hydrogens is 192 g/mol. The summed E-state index contributed by atoms with van der Waals surface area (Å²) in [6, 6.07) is 9.80. The van der Waals surface area contributed by atoms with Crippen molar-refractivity contribution in [1.29, 1.82) is 0 Å². The van der Waals surface area contributed by atoms with Crippen LogP contribution in [-0.2, 0) is 4.74 Å². The van der Waals surface area contributed by atoms with Gasteiger partial charge in [-0.3, -0.25) is 0 Å². The minimum absolute atomic E-state index is 0.0181. The maximum Gasteiger partial charge on any atom is 0.108 e. The number of hydrogen-bond acceptors (Lipinski definition) is 3. The fraction of sp³-hybridized carbons (Fsp3) is 0.500. The van der Waals surface area contributed by atoms with E-state index in [1.807, 2.05) is 37.3 Å². The quantitative estimate of drug-likeness (QED) is 0.765. The molecule has 1 fully saturated rings. The van der Waals surface area contributed by atoms with Crippen LogP contribution < -0.4 is 0 Å². The lowest BCUT2D eigenvalue weighted by atomic mass is 9.94. The summed E-state index contributed by atoms with van der Waals surface area (Å²) >= 11 is 0. The highest BCUT2D eigenvalue weighted by Gasteiger charge is 2.40. The van der Waals surface area contributed by atoms with Gasteiger partial charge in [0.05, 0.1) is 18.8 Å². The van der Waals surface area contributed by atoms with E-state index < -0.39 is 12.2 Å². The van der Waals surface area contributed by atoms with Crippen LogP contribution in [0.1, 0.15) is 18.6 Å². The molecule has 3 heteroatoms. The number of rotatable bonds is 2. The van der Waals surface area contributed by atoms with E-state index in [1.54, 1.807) is 0 Å². The summed E-state index contributed by atoms with van der Waals surface area (Å²) in [5.74, 6) is 0.0181. The Bertz CT molecular complexity index is 312. The van der Waals surface area contributed by atoms with Crippen molar-refractivity contribution in [3.63, 3.8) is 0 Å². The molecule has 4 atom stereocenters. The first kappa shape index (κ1) is 10.6. The third-order valence-corrected chi connectivity index (χ3v) is 3.03. The zero-order chi connectivity index (χ0) is 10.8. The molecule has 1 aromatic rings. The molecule has 2 rings (SSSR count). The van der Waals surface area contributed by atoms with Crippen molar-refractivity contribution < 1.29 is 14.9 Å². The van der Waals surface area contributed by atoms with Crippen molar-refractivity contribution in [2.75, 3.05) is 6.61 Å². The van der Waals surface area contributed by atoms with Crippen LogP contribution in [0.3, 0.4) is 0 Å². The first-order chi connectivity index (χ1) is 7.24. The lowest BCUT2D eigenvalue weighted by molar-refractivity contribution is -0.0225. The molecular formula is C12H16O3. The van der Waals surface area contributed by atoms with Crippen molar-refractivity contribution in [3.8, 4) is 0 Å². The summed E-state index contributed by atoms with van der Waals surface area (Å²) in [6.45, 7) is 1.81. The number of ether oxygens (including phenoxy) is 1. The summed E-state index contributed by atoms with van der Waals surface area (Å²) < 4.78 is 5.62. The standard InChI is InChI=1S/C12H16O3/c1-8-11(14)10(7-13)15-12(8)9-5-3-2-4-6-9/h2-6,8,10-14H,7H2,1H3/t8-,10+,11?,12+/m0/s1. The van der Waals surface area contributed by atoms with Gasteiger partial charge in [-0.2, -0.15) is 0 Å². The Kier molecular flexibility index (Phi) is 3.05. The monoisotopic (exact) mass is 208 g/mol. The molecule has 0 bridgehead atoms. The van der Waals surface area contributed by atoms with Gasteiger partial charge in [0.2, 0.25) is 0 Å². The molecule has 1 unspecified atom stereocenters. The van der Waals surface area contributed by atoms with Crippen LogP contribution in [-0.4, -0.2) is 29.0 Å². The first-order valence-corrected chi connectivity index (χ1v) is 5.23. The number of aliphatic hydroxyl groups excluding tert-OH is 2. The van der Waals surface area contributed by atoms with Gasteiger partial charge >= 0.3 is 0 Å². The van der Waals surface area contributed by atoms with Crippen LogP contribution in [0, 0.1) is 5.92 Å². The fourth-order valence-electron chi connectivity index (χ4n) is 2.09. The molecule has 15 heavy (non-hydrogen) atoms. The Morgan fingerprint density at radius 1 is 1.27 bits per heavy atom. The van der Waals surface area contributed by atoms with E-state index in [0.29, 0.717) is 0 Å². The van der Waals surface area contributed by atoms with E-state index in [9.17, 15) is 5.11 Å². The fourth-order valence-corrected chi connectivity index (χ4v) is 2.09. The van der Waals surface area contributed by atoms with Crippen LogP contribution in [0.5, 0.6) is 0 Å². The van der Waals surface area contributed by atoms with Crippen molar-refractivity contribution in [2.24, 2.45) is 5.92 Å². The lowest BCUT2D eigenvalue weighted by Crippen LogP contribution is -2.27. The van der Waals surface area contributed by atoms with Crippen LogP contribution >= 0.6 is 0 Å². The Labute approximate surface area is 89.3 Å². The summed E-state index contributed by atoms with van der Waals surface area (Å²) in [4.78, 5) is 0. The zero-order valence-electron chi connectivity index (χ0n) is 8.71. The average Bonchev–Trinajstić information content (AvgIpc) is 2.57. The van der Waals surface area contributed by atoms with Crippen molar-refractivity contribution in [2.45, 2.75) is 25.2 Å². The highest BCUT2D eigenvalue weighted by molar-refractivity contribution is 5.20. The second-order valence-electron chi connectivity index (χ2n) is 4.04. The van der Waals surface area contributed by atoms with Gasteiger partial charge in [-0.15, -0.1) is 0 Å². The lowest BCUT2D eigenvalue weighted by Gasteiger charge is -2.15. The molecule has 0 amide bonds. The molecule has 0 saturated carbocycles. The molecule has 0 aromatic heterocycles. The van der Waals surface area contributed by atoms with E-state index in [1.165, 1.54) is 0 Å². The summed E-state index contributed by atoms with van der Waals surface area (Å²) in [6.07, 6.45) is -1.15. The predicted octanol–water partition coefficient (Wildman–Crippen LogP) is 1.12. The molecule has 0 radical (unpaired) electrons. The first-order valence-electron chi connectivity index (χ1n) is 5.23. The van der Waals surface area contributed by atoms with Gasteiger partial charge < -0.3 is 14.9 Å². The molecule has 1 saturated heterocycles. The van der Waals surface area contributed by atoms with Crippen LogP contribution in [0.4, 0.5) is 0 Å². The van der Waals surface area contributed by atoms with E-state index in [-0.39, 0.29) is 18.6 Å². The van der Waals surface area contributed by atoms with Crippen molar-refractivity contribution in [3.05, 3.63) is 35.9 Å². The topological polar surface area (TPSA) is 49.7 Å². The molecule has 1 aliphatic heterocycles. The Morgan fingerprint density at radius 3 is 2.47 bits per heavy atom. The molecule has 0 aliphatic carbocycles. The van der Waals surface area contributed by atoms with Gasteiger partial charge in [0, 0.05) is 5.92 Å². The molecule has 0 spiro atoms. The van der Waals surface area contributed by atoms with Gasteiger partial charge in [0.25, 0.3) is 0 Å². The molecule has 1 aromatic carbocycles. The molecule has 1 heterocycles. The van der Waals surface area contributed by atoms with E-state index in [4.69, 9.17) is 9.84 Å². The van der Waals surface area contributed by atoms with Crippen LogP contribution in [0.2, 0.25) is 0 Å². The van der Waals surface area contributed by atoms with Crippen molar-refractivity contribution >= 4 is 0 Å². The van der Waals surface area contributed by atoms with Crippen molar-refractivity contribution in [1.82, 2.24) is 0 Å². The van der Waals surface area contributed by atoms with Gasteiger partial charge in [-0.1, -0.05) is 37.3 Å². The highest BCUT2D eigenvalue weighted by atomic mass is 16.5. The average molecular weight is 208 g/mol. The third-order valence-electron chi connectivity index (χ3n) is 3.03. The van der Waals surface area contributed by atoms with E-state index >= 15 is 0 Å². The molecule has 82 valence electrons. The van der Waals surface area contributed by atoms with Gasteiger partial charge in [0.15, 0.2) is 0 Å². The smallest absolute Gasteiger partial charge is 0.108 e.